The van der Waals surface area contributed by atoms with Gasteiger partial charge in [-0.15, -0.1) is 0 Å². The molecule has 0 atom stereocenters. The Hall–Kier alpha value is -2.61. The van der Waals surface area contributed by atoms with Crippen molar-refractivity contribution >= 4 is 21.4 Å². The molecular formula is C16H16N2O5S. The summed E-state index contributed by atoms with van der Waals surface area (Å²) in [6.45, 7) is 1.47. The predicted octanol–water partition coefficient (Wildman–Crippen LogP) is 2.04. The van der Waals surface area contributed by atoms with Gasteiger partial charge in [-0.05, 0) is 30.3 Å². The highest BCUT2D eigenvalue weighted by molar-refractivity contribution is 7.92. The summed E-state index contributed by atoms with van der Waals surface area (Å²) in [6.07, 6.45) is 0. The quantitative estimate of drug-likeness (QED) is 0.915. The third kappa shape index (κ3) is 2.58. The van der Waals surface area contributed by atoms with Crippen LogP contribution in [0.1, 0.15) is 0 Å². The summed E-state index contributed by atoms with van der Waals surface area (Å²) in [4.78, 5) is 2.14. The molecule has 2 aliphatic rings. The van der Waals surface area contributed by atoms with Gasteiger partial charge in [-0.3, -0.25) is 4.72 Å². The van der Waals surface area contributed by atoms with Crippen LogP contribution in [0.25, 0.3) is 0 Å². The topological polar surface area (TPSA) is 77.1 Å². The fourth-order valence-electron chi connectivity index (χ4n) is 2.67. The summed E-state index contributed by atoms with van der Waals surface area (Å²) in [6, 6.07) is 9.75. The molecule has 0 spiro atoms. The number of sulfonamides is 1. The van der Waals surface area contributed by atoms with Gasteiger partial charge in [0.15, 0.2) is 11.5 Å². The summed E-state index contributed by atoms with van der Waals surface area (Å²) in [5.74, 6) is 1.72. The van der Waals surface area contributed by atoms with E-state index in [4.69, 9.17) is 14.2 Å². The van der Waals surface area contributed by atoms with Crippen molar-refractivity contribution in [3.63, 3.8) is 0 Å². The predicted molar refractivity (Wildman–Crippen MR) is 88.6 cm³/mol. The van der Waals surface area contributed by atoms with Crippen molar-refractivity contribution < 1.29 is 22.6 Å². The van der Waals surface area contributed by atoms with E-state index in [9.17, 15) is 8.42 Å². The van der Waals surface area contributed by atoms with E-state index in [1.165, 1.54) is 12.1 Å². The lowest BCUT2D eigenvalue weighted by Gasteiger charge is -2.28. The molecule has 0 aromatic heterocycles. The number of fused-ring (bicyclic) bond motifs is 2. The van der Waals surface area contributed by atoms with Crippen LogP contribution in [0.15, 0.2) is 41.3 Å². The molecule has 0 unspecified atom stereocenters. The van der Waals surface area contributed by atoms with E-state index >= 15 is 0 Å². The zero-order valence-corrected chi connectivity index (χ0v) is 13.8. The van der Waals surface area contributed by atoms with Crippen molar-refractivity contribution in [3.05, 3.63) is 36.4 Å². The van der Waals surface area contributed by atoms with Gasteiger partial charge in [0.05, 0.1) is 22.8 Å². The summed E-state index contributed by atoms with van der Waals surface area (Å²) in [5.41, 5.74) is 1.33. The third-order valence-electron chi connectivity index (χ3n) is 3.96. The second kappa shape index (κ2) is 5.48. The second-order valence-corrected chi connectivity index (χ2v) is 7.26. The number of benzene rings is 2. The molecule has 0 radical (unpaired) electrons. The van der Waals surface area contributed by atoms with Gasteiger partial charge in [-0.25, -0.2) is 8.42 Å². The van der Waals surface area contributed by atoms with E-state index < -0.39 is 10.0 Å². The van der Waals surface area contributed by atoms with Crippen LogP contribution in [-0.2, 0) is 10.0 Å². The Balaban J connectivity index is 1.63. The van der Waals surface area contributed by atoms with Gasteiger partial charge in [-0.2, -0.15) is 0 Å². The highest BCUT2D eigenvalue weighted by Gasteiger charge is 2.22. The van der Waals surface area contributed by atoms with Gasteiger partial charge >= 0.3 is 0 Å². The highest BCUT2D eigenvalue weighted by atomic mass is 32.2. The van der Waals surface area contributed by atoms with E-state index in [1.54, 1.807) is 24.3 Å². The number of rotatable bonds is 3. The first-order chi connectivity index (χ1) is 11.5. The molecule has 0 fully saturated rings. The largest absolute Gasteiger partial charge is 0.490 e. The fraction of sp³-hybridized carbons (Fsp3) is 0.250. The first-order valence-corrected chi connectivity index (χ1v) is 8.92. The number of hydrogen-bond donors (Lipinski definition) is 1. The molecule has 0 bridgehead atoms. The fourth-order valence-corrected chi connectivity index (χ4v) is 3.74. The molecular weight excluding hydrogens is 332 g/mol. The SMILES string of the molecule is CN1CCOc2ccc(NS(=O)(=O)c3ccc4c(c3)OCO4)cc21. The third-order valence-corrected chi connectivity index (χ3v) is 5.34. The maximum Gasteiger partial charge on any atom is 0.262 e. The Kier molecular flexibility index (Phi) is 3.42. The molecule has 2 aliphatic heterocycles. The molecule has 7 nitrogen and oxygen atoms in total. The molecule has 2 aromatic carbocycles. The minimum absolute atomic E-state index is 0.101. The number of ether oxygens (including phenoxy) is 3. The van der Waals surface area contributed by atoms with Crippen LogP contribution in [0.2, 0.25) is 0 Å². The summed E-state index contributed by atoms with van der Waals surface area (Å²) < 4.78 is 43.8. The van der Waals surface area contributed by atoms with Crippen molar-refractivity contribution in [2.75, 3.05) is 36.6 Å². The summed E-state index contributed by atoms with van der Waals surface area (Å²) in [5, 5.41) is 0. The van der Waals surface area contributed by atoms with Gasteiger partial charge in [-0.1, -0.05) is 0 Å². The highest BCUT2D eigenvalue weighted by Crippen LogP contribution is 2.36. The van der Waals surface area contributed by atoms with Crippen molar-refractivity contribution in [3.8, 4) is 17.2 Å². The lowest BCUT2D eigenvalue weighted by atomic mass is 10.2. The Morgan fingerprint density at radius 3 is 2.67 bits per heavy atom. The zero-order chi connectivity index (χ0) is 16.7. The second-order valence-electron chi connectivity index (χ2n) is 5.57. The van der Waals surface area contributed by atoms with Crippen molar-refractivity contribution in [1.82, 2.24) is 0 Å². The van der Waals surface area contributed by atoms with Crippen LogP contribution >= 0.6 is 0 Å². The van der Waals surface area contributed by atoms with Crippen molar-refractivity contribution in [2.24, 2.45) is 0 Å². The molecule has 2 heterocycles. The molecule has 0 saturated heterocycles. The Morgan fingerprint density at radius 2 is 1.79 bits per heavy atom. The maximum atomic E-state index is 12.6. The van der Waals surface area contributed by atoms with Crippen LogP contribution in [0.5, 0.6) is 17.2 Å². The zero-order valence-electron chi connectivity index (χ0n) is 13.0. The van der Waals surface area contributed by atoms with E-state index in [0.29, 0.717) is 23.8 Å². The van der Waals surface area contributed by atoms with Gasteiger partial charge in [0.1, 0.15) is 12.4 Å². The van der Waals surface area contributed by atoms with Crippen molar-refractivity contribution in [2.45, 2.75) is 4.90 Å². The van der Waals surface area contributed by atoms with Crippen molar-refractivity contribution in [1.29, 1.82) is 0 Å². The van der Waals surface area contributed by atoms with E-state index in [-0.39, 0.29) is 11.7 Å². The van der Waals surface area contributed by atoms with Crippen LogP contribution in [0.4, 0.5) is 11.4 Å². The van der Waals surface area contributed by atoms with Crippen LogP contribution in [0, 0.1) is 0 Å². The number of likely N-dealkylation sites (N-methyl/N-ethyl adjacent to an activating group) is 1. The van der Waals surface area contributed by atoms with Gasteiger partial charge < -0.3 is 19.1 Å². The number of hydrogen-bond acceptors (Lipinski definition) is 6. The number of nitrogens with one attached hydrogen (secondary N) is 1. The first kappa shape index (κ1) is 14.9. The smallest absolute Gasteiger partial charge is 0.262 e. The summed E-state index contributed by atoms with van der Waals surface area (Å²) >= 11 is 0. The lowest BCUT2D eigenvalue weighted by molar-refractivity contribution is 0.174. The lowest BCUT2D eigenvalue weighted by Crippen LogP contribution is -2.28. The van der Waals surface area contributed by atoms with Crippen LogP contribution < -0.4 is 23.8 Å². The molecule has 4 rings (SSSR count). The Morgan fingerprint density at radius 1 is 1.00 bits per heavy atom. The van der Waals surface area contributed by atoms with Crippen LogP contribution in [-0.4, -0.2) is 35.4 Å². The first-order valence-electron chi connectivity index (χ1n) is 7.43. The minimum Gasteiger partial charge on any atom is -0.490 e. The minimum atomic E-state index is -3.72. The van der Waals surface area contributed by atoms with E-state index in [1.807, 2.05) is 11.9 Å². The van der Waals surface area contributed by atoms with E-state index in [0.717, 1.165) is 18.0 Å². The standard InChI is InChI=1S/C16H16N2O5S/c1-18-6-7-21-14-4-2-11(8-13(14)18)17-24(19,20)12-3-5-15-16(9-12)23-10-22-15/h2-5,8-9,17H,6-7,10H2,1H3. The maximum absolute atomic E-state index is 12.6. The molecule has 8 heteroatoms. The average Bonchev–Trinajstić information content (AvgIpc) is 3.03. The van der Waals surface area contributed by atoms with Crippen LogP contribution in [0.3, 0.4) is 0 Å². The average molecular weight is 348 g/mol. The molecule has 2 aromatic rings. The normalized spacial score (nSPS) is 15.6. The molecule has 126 valence electrons. The molecule has 1 N–H and O–H groups in total. The Labute approximate surface area is 139 Å². The Bertz CT molecular complexity index is 897. The number of nitrogens with zero attached hydrogens (tertiary/aromatic N) is 1. The van der Waals surface area contributed by atoms with Gasteiger partial charge in [0.25, 0.3) is 10.0 Å². The summed E-state index contributed by atoms with van der Waals surface area (Å²) in [7, 11) is -1.78. The number of anilines is 2. The molecule has 0 aliphatic carbocycles. The molecule has 24 heavy (non-hydrogen) atoms. The molecule has 0 saturated carbocycles. The van der Waals surface area contributed by atoms with Gasteiger partial charge in [0, 0.05) is 13.1 Å². The monoisotopic (exact) mass is 348 g/mol. The van der Waals surface area contributed by atoms with E-state index in [2.05, 4.69) is 4.72 Å². The van der Waals surface area contributed by atoms with Gasteiger partial charge in [0.2, 0.25) is 6.79 Å². The molecule has 0 amide bonds.